The molecule has 6 unspecified atom stereocenters. The van der Waals surface area contributed by atoms with Crippen LogP contribution in [0.5, 0.6) is 0 Å². The zero-order chi connectivity index (χ0) is 39.1. The lowest BCUT2D eigenvalue weighted by Crippen LogP contribution is -2.35. The highest BCUT2D eigenvalue weighted by molar-refractivity contribution is 5.75. The van der Waals surface area contributed by atoms with Gasteiger partial charge in [0, 0.05) is 33.0 Å². The first-order valence-corrected chi connectivity index (χ1v) is 20.4. The number of carbonyl (C=O) groups is 5. The molecule has 6 aliphatic rings. The van der Waals surface area contributed by atoms with E-state index in [9.17, 15) is 19.2 Å². The Kier molecular flexibility index (Phi) is 29.3. The summed E-state index contributed by atoms with van der Waals surface area (Å²) in [6.45, 7) is 6.42. The summed E-state index contributed by atoms with van der Waals surface area (Å²) < 4.78 is 31.0. The third-order valence-corrected chi connectivity index (χ3v) is 9.89. The van der Waals surface area contributed by atoms with Crippen molar-refractivity contribution in [1.82, 2.24) is 0 Å². The lowest BCUT2D eigenvalue weighted by molar-refractivity contribution is -0.142. The molecule has 6 atom stereocenters. The minimum Gasteiger partial charge on any atom is -0.466 e. The third-order valence-electron chi connectivity index (χ3n) is 9.89. The van der Waals surface area contributed by atoms with E-state index in [2.05, 4.69) is 0 Å². The molecule has 0 aromatic heterocycles. The first-order valence-electron chi connectivity index (χ1n) is 20.4. The summed E-state index contributed by atoms with van der Waals surface area (Å²) in [5, 5.41) is 8.35. The van der Waals surface area contributed by atoms with Gasteiger partial charge in [0.25, 0.3) is 0 Å². The second kappa shape index (κ2) is 31.9. The molecule has 0 radical (unpaired) electrons. The number of aliphatic hydroxyl groups excluding tert-OH is 1. The highest BCUT2D eigenvalue weighted by Gasteiger charge is 2.40. The molecular formula is C41H72O12. The molecule has 0 amide bonds. The lowest BCUT2D eigenvalue weighted by Gasteiger charge is -2.29. The van der Waals surface area contributed by atoms with E-state index in [4.69, 9.17) is 38.3 Å². The quantitative estimate of drug-likeness (QED) is 0.110. The largest absolute Gasteiger partial charge is 0.508 e. The highest BCUT2D eigenvalue weighted by Crippen LogP contribution is 2.36. The average molecular weight is 757 g/mol. The predicted molar refractivity (Wildman–Crippen MR) is 202 cm³/mol. The van der Waals surface area contributed by atoms with Crippen LogP contribution in [0.3, 0.4) is 0 Å². The number of unbranched alkanes of at least 4 members (excludes halogenated alkanes) is 4. The summed E-state index contributed by atoms with van der Waals surface area (Å²) in [6.07, 6.45) is 27.2. The van der Waals surface area contributed by atoms with Crippen molar-refractivity contribution in [2.75, 3.05) is 26.9 Å². The first kappa shape index (κ1) is 48.6. The van der Waals surface area contributed by atoms with Crippen molar-refractivity contribution in [2.24, 2.45) is 0 Å². The second-order valence-electron chi connectivity index (χ2n) is 14.6. The number of aliphatic hydroxyl groups is 1. The Bertz CT molecular complexity index is 923. The van der Waals surface area contributed by atoms with E-state index < -0.39 is 6.16 Å². The molecule has 1 N–H and O–H groups in total. The minimum atomic E-state index is -0.606. The molecule has 0 aromatic rings. The van der Waals surface area contributed by atoms with E-state index in [-0.39, 0.29) is 36.4 Å². The second-order valence-corrected chi connectivity index (χ2v) is 14.6. The summed E-state index contributed by atoms with van der Waals surface area (Å²) in [4.78, 5) is 51.1. The van der Waals surface area contributed by atoms with Crippen molar-refractivity contribution in [1.29, 1.82) is 0 Å². The lowest BCUT2D eigenvalue weighted by atomic mass is 9.95. The number of cyclic esters (lactones) is 1. The molecule has 3 aliphatic carbocycles. The number of epoxide rings is 2. The molecule has 3 saturated carbocycles. The zero-order valence-electron chi connectivity index (χ0n) is 33.2. The SMILES string of the molecule is C1CCC2OC2C1.C1CCC2OC2C1.C=O.CC(=O)CCCCCO.COC1CCCCC1OC(=O)OCCCCCC(C)=O.O=C1CCCCCO1. The van der Waals surface area contributed by atoms with Gasteiger partial charge in [-0.05, 0) is 110 Å². The van der Waals surface area contributed by atoms with Crippen molar-refractivity contribution in [3.63, 3.8) is 0 Å². The molecule has 6 fully saturated rings. The molecule has 6 rings (SSSR count). The Morgan fingerprint density at radius 2 is 1.15 bits per heavy atom. The highest BCUT2D eigenvalue weighted by atomic mass is 16.7. The number of Topliss-reactive ketones (excluding diaryl/α,β-unsaturated/α-hetero) is 2. The number of esters is 1. The normalized spacial score (nSPS) is 26.1. The molecule has 3 heterocycles. The van der Waals surface area contributed by atoms with Gasteiger partial charge in [0.1, 0.15) is 24.5 Å². The Morgan fingerprint density at radius 3 is 1.62 bits per heavy atom. The molecule has 53 heavy (non-hydrogen) atoms. The molecule has 3 saturated heterocycles. The predicted octanol–water partition coefficient (Wildman–Crippen LogP) is 7.95. The Balaban J connectivity index is 0.000000353. The van der Waals surface area contributed by atoms with Gasteiger partial charge < -0.3 is 47.9 Å². The van der Waals surface area contributed by atoms with Gasteiger partial charge in [-0.25, -0.2) is 4.79 Å². The number of methoxy groups -OCH3 is 1. The van der Waals surface area contributed by atoms with Crippen LogP contribution in [0.2, 0.25) is 0 Å². The van der Waals surface area contributed by atoms with Gasteiger partial charge in [0.15, 0.2) is 0 Å². The molecule has 0 spiro atoms. The maximum atomic E-state index is 11.6. The number of hydrogen-bond acceptors (Lipinski definition) is 12. The molecule has 12 nitrogen and oxygen atoms in total. The number of fused-ring (bicyclic) bond motifs is 2. The fourth-order valence-electron chi connectivity index (χ4n) is 6.66. The number of hydrogen-bond donors (Lipinski definition) is 1. The smallest absolute Gasteiger partial charge is 0.466 e. The van der Waals surface area contributed by atoms with E-state index in [1.54, 1.807) is 21.0 Å². The van der Waals surface area contributed by atoms with Crippen molar-refractivity contribution in [3.8, 4) is 0 Å². The van der Waals surface area contributed by atoms with E-state index in [1.807, 2.05) is 6.79 Å². The van der Waals surface area contributed by atoms with Gasteiger partial charge in [-0.1, -0.05) is 38.5 Å². The van der Waals surface area contributed by atoms with Gasteiger partial charge in [0.05, 0.1) is 43.7 Å². The Hall–Kier alpha value is -2.41. The van der Waals surface area contributed by atoms with Gasteiger partial charge in [-0.3, -0.25) is 4.79 Å². The number of ketones is 2. The average Bonchev–Trinajstić information content (AvgIpc) is 4.09. The monoisotopic (exact) mass is 757 g/mol. The zero-order valence-corrected chi connectivity index (χ0v) is 33.2. The Morgan fingerprint density at radius 1 is 0.660 bits per heavy atom. The molecule has 0 bridgehead atoms. The number of carbonyl (C=O) groups excluding carboxylic acids is 5. The van der Waals surface area contributed by atoms with E-state index in [0.717, 1.165) is 83.5 Å². The summed E-state index contributed by atoms with van der Waals surface area (Å²) >= 11 is 0. The number of rotatable bonds is 13. The van der Waals surface area contributed by atoms with Crippen LogP contribution in [0.25, 0.3) is 0 Å². The topological polar surface area (TPSA) is 168 Å². The van der Waals surface area contributed by atoms with Crippen molar-refractivity contribution in [2.45, 2.75) is 205 Å². The number of ether oxygens (including phenoxy) is 6. The van der Waals surface area contributed by atoms with Gasteiger partial charge >= 0.3 is 12.1 Å². The van der Waals surface area contributed by atoms with Crippen molar-refractivity contribution in [3.05, 3.63) is 0 Å². The summed E-state index contributed by atoms with van der Waals surface area (Å²) in [5.74, 6) is 0.420. The Labute approximate surface area is 319 Å². The summed E-state index contributed by atoms with van der Waals surface area (Å²) in [6, 6.07) is 0. The van der Waals surface area contributed by atoms with Gasteiger partial charge in [0.2, 0.25) is 0 Å². The standard InChI is InChI=1S/C15H26O5.C7H14O2.C6H10O2.2C6H10O.CH2O/c1-12(16)8-4-3-7-11-19-15(17)20-14-10-6-5-9-13(14)18-2;1-7(9)5-3-2-4-6-8;7-6-4-2-1-3-5-8-6;2*1-2-4-6-5(3-1)7-6;1-2/h13-14H,3-11H2,1-2H3;8H,2-6H2,1H3;1-5H2;2*5-6H,1-4H2;1H2. The van der Waals surface area contributed by atoms with Crippen molar-refractivity contribution >= 4 is 30.5 Å². The van der Waals surface area contributed by atoms with E-state index in [1.165, 1.54) is 51.4 Å². The maximum absolute atomic E-state index is 11.6. The fraction of sp³-hybridized carbons (Fsp3) is 0.878. The van der Waals surface area contributed by atoms with E-state index in [0.29, 0.717) is 56.9 Å². The van der Waals surface area contributed by atoms with Crippen molar-refractivity contribution < 1.29 is 57.5 Å². The summed E-state index contributed by atoms with van der Waals surface area (Å²) in [5.41, 5.74) is 0. The van der Waals surface area contributed by atoms with Crippen LogP contribution >= 0.6 is 0 Å². The first-order chi connectivity index (χ1) is 25.7. The van der Waals surface area contributed by atoms with Gasteiger partial charge in [-0.15, -0.1) is 0 Å². The molecule has 3 aliphatic heterocycles. The van der Waals surface area contributed by atoms with Crippen LogP contribution in [0.1, 0.15) is 168 Å². The molecular weight excluding hydrogens is 684 g/mol. The van der Waals surface area contributed by atoms with Crippen LogP contribution in [-0.4, -0.2) is 99.1 Å². The summed E-state index contributed by atoms with van der Waals surface area (Å²) in [7, 11) is 1.65. The van der Waals surface area contributed by atoms with Crippen LogP contribution in [-0.2, 0) is 47.6 Å². The minimum absolute atomic E-state index is 0.00753. The molecule has 308 valence electrons. The third kappa shape index (κ3) is 26.9. The van der Waals surface area contributed by atoms with Crippen LogP contribution < -0.4 is 0 Å². The van der Waals surface area contributed by atoms with E-state index >= 15 is 0 Å². The fourth-order valence-corrected chi connectivity index (χ4v) is 6.66. The molecule has 12 heteroatoms. The van der Waals surface area contributed by atoms with Crippen LogP contribution in [0, 0.1) is 0 Å². The van der Waals surface area contributed by atoms with Crippen LogP contribution in [0.4, 0.5) is 4.79 Å². The van der Waals surface area contributed by atoms with Gasteiger partial charge in [-0.2, -0.15) is 0 Å². The molecule has 0 aromatic carbocycles. The van der Waals surface area contributed by atoms with Crippen LogP contribution in [0.15, 0.2) is 0 Å². The maximum Gasteiger partial charge on any atom is 0.508 e.